The molecule has 0 aromatic heterocycles. The molecule has 0 saturated carbocycles. The van der Waals surface area contributed by atoms with Crippen LogP contribution in [0, 0.1) is 0 Å². The maximum absolute atomic E-state index is 11.9. The molecule has 2 N–H and O–H groups in total. The lowest BCUT2D eigenvalue weighted by molar-refractivity contribution is -0.130. The molecular formula is C10H14BrN3O3. The van der Waals surface area contributed by atoms with Gasteiger partial charge in [-0.1, -0.05) is 22.9 Å². The molecule has 6 nitrogen and oxygen atoms in total. The van der Waals surface area contributed by atoms with Gasteiger partial charge in [-0.15, -0.1) is 0 Å². The van der Waals surface area contributed by atoms with Gasteiger partial charge in [0.05, 0.1) is 11.4 Å². The predicted octanol–water partition coefficient (Wildman–Crippen LogP) is -0.0296. The fourth-order valence-electron chi connectivity index (χ4n) is 2.19. The van der Waals surface area contributed by atoms with E-state index in [1.54, 1.807) is 4.90 Å². The van der Waals surface area contributed by atoms with Crippen molar-refractivity contribution in [1.29, 1.82) is 0 Å². The van der Waals surface area contributed by atoms with Crippen molar-refractivity contribution in [2.24, 2.45) is 0 Å². The quantitative estimate of drug-likeness (QED) is 0.555. The number of nitrogens with one attached hydrogen (secondary N) is 2. The molecule has 7 heteroatoms. The van der Waals surface area contributed by atoms with Crippen LogP contribution in [0.5, 0.6) is 0 Å². The fraction of sp³-hybridized carbons (Fsp3) is 0.700. The first-order chi connectivity index (χ1) is 7.98. The molecule has 94 valence electrons. The van der Waals surface area contributed by atoms with Crippen LogP contribution in [0.25, 0.3) is 0 Å². The van der Waals surface area contributed by atoms with Crippen LogP contribution >= 0.6 is 15.9 Å². The molecule has 2 fully saturated rings. The Morgan fingerprint density at radius 3 is 2.82 bits per heavy atom. The average molecular weight is 304 g/mol. The van der Waals surface area contributed by atoms with Gasteiger partial charge in [-0.25, -0.2) is 4.79 Å². The molecule has 0 aliphatic carbocycles. The molecule has 17 heavy (non-hydrogen) atoms. The molecule has 1 spiro atoms. The minimum Gasteiger partial charge on any atom is -0.339 e. The van der Waals surface area contributed by atoms with Crippen molar-refractivity contribution in [2.45, 2.75) is 30.1 Å². The first-order valence-corrected chi connectivity index (χ1v) is 6.46. The summed E-state index contributed by atoms with van der Waals surface area (Å²) in [6, 6.07) is -0.477. The van der Waals surface area contributed by atoms with Gasteiger partial charge in [0.2, 0.25) is 5.91 Å². The molecule has 0 aromatic rings. The fourth-order valence-corrected chi connectivity index (χ4v) is 2.48. The number of urea groups is 1. The van der Waals surface area contributed by atoms with Gasteiger partial charge in [-0.05, 0) is 12.8 Å². The van der Waals surface area contributed by atoms with Crippen molar-refractivity contribution in [3.63, 3.8) is 0 Å². The minimum atomic E-state index is -0.910. The number of amides is 4. The third kappa shape index (κ3) is 2.03. The summed E-state index contributed by atoms with van der Waals surface area (Å²) in [6.45, 7) is 2.66. The van der Waals surface area contributed by atoms with E-state index in [1.807, 2.05) is 6.92 Å². The van der Waals surface area contributed by atoms with Crippen LogP contribution in [-0.4, -0.2) is 46.2 Å². The summed E-state index contributed by atoms with van der Waals surface area (Å²) in [5.74, 6) is -0.362. The monoisotopic (exact) mass is 303 g/mol. The SMILES string of the molecule is CCC(Br)C(=O)N1CCC2(C1)NC(=O)NC2=O. The van der Waals surface area contributed by atoms with Crippen molar-refractivity contribution in [1.82, 2.24) is 15.5 Å². The Morgan fingerprint density at radius 1 is 1.59 bits per heavy atom. The van der Waals surface area contributed by atoms with E-state index in [2.05, 4.69) is 26.6 Å². The summed E-state index contributed by atoms with van der Waals surface area (Å²) < 4.78 is 0. The molecule has 2 atom stereocenters. The molecule has 2 unspecified atom stereocenters. The van der Waals surface area contributed by atoms with Crippen LogP contribution in [0.3, 0.4) is 0 Å². The Bertz CT molecular complexity index is 387. The van der Waals surface area contributed by atoms with Crippen LogP contribution in [0.2, 0.25) is 0 Å². The molecule has 2 rings (SSSR count). The van der Waals surface area contributed by atoms with E-state index in [0.717, 1.165) is 0 Å². The van der Waals surface area contributed by atoms with Crippen LogP contribution in [0.1, 0.15) is 19.8 Å². The maximum Gasteiger partial charge on any atom is 0.322 e. The van der Waals surface area contributed by atoms with Crippen LogP contribution in [-0.2, 0) is 9.59 Å². The van der Waals surface area contributed by atoms with Gasteiger partial charge >= 0.3 is 6.03 Å². The van der Waals surface area contributed by atoms with Crippen LogP contribution in [0.15, 0.2) is 0 Å². The molecule has 0 bridgehead atoms. The van der Waals surface area contributed by atoms with Gasteiger partial charge in [0.1, 0.15) is 5.54 Å². The van der Waals surface area contributed by atoms with E-state index in [-0.39, 0.29) is 23.2 Å². The maximum atomic E-state index is 11.9. The van der Waals surface area contributed by atoms with Gasteiger partial charge in [0.25, 0.3) is 5.91 Å². The zero-order chi connectivity index (χ0) is 12.6. The molecule has 4 amide bonds. The smallest absolute Gasteiger partial charge is 0.322 e. The summed E-state index contributed by atoms with van der Waals surface area (Å²) in [5, 5.41) is 4.83. The van der Waals surface area contributed by atoms with Gasteiger partial charge in [0, 0.05) is 6.54 Å². The molecular weight excluding hydrogens is 290 g/mol. The third-order valence-corrected chi connectivity index (χ3v) is 4.26. The second-order valence-electron chi connectivity index (χ2n) is 4.38. The lowest BCUT2D eigenvalue weighted by Crippen LogP contribution is -2.50. The van der Waals surface area contributed by atoms with Crippen LogP contribution in [0.4, 0.5) is 4.79 Å². The zero-order valence-electron chi connectivity index (χ0n) is 9.46. The van der Waals surface area contributed by atoms with Gasteiger partial charge in [-0.3, -0.25) is 14.9 Å². The topological polar surface area (TPSA) is 78.5 Å². The second-order valence-corrected chi connectivity index (χ2v) is 5.48. The van der Waals surface area contributed by atoms with Crippen molar-refractivity contribution in [2.75, 3.05) is 13.1 Å². The number of imide groups is 1. The Hall–Kier alpha value is -1.11. The number of nitrogens with zero attached hydrogens (tertiary/aromatic N) is 1. The number of alkyl halides is 1. The van der Waals surface area contributed by atoms with Crippen molar-refractivity contribution in [3.8, 4) is 0 Å². The van der Waals surface area contributed by atoms with Gasteiger partial charge in [-0.2, -0.15) is 0 Å². The lowest BCUT2D eigenvalue weighted by Gasteiger charge is -2.22. The summed E-state index contributed by atoms with van der Waals surface area (Å²) in [4.78, 5) is 36.1. The number of hydrogen-bond acceptors (Lipinski definition) is 3. The molecule has 2 aliphatic heterocycles. The van der Waals surface area contributed by atoms with E-state index in [9.17, 15) is 14.4 Å². The number of carbonyl (C=O) groups excluding carboxylic acids is 3. The number of rotatable bonds is 2. The average Bonchev–Trinajstić information content (AvgIpc) is 2.83. The first kappa shape index (κ1) is 12.3. The van der Waals surface area contributed by atoms with E-state index < -0.39 is 11.6 Å². The highest BCUT2D eigenvalue weighted by molar-refractivity contribution is 9.10. The third-order valence-electron chi connectivity index (χ3n) is 3.22. The highest BCUT2D eigenvalue weighted by Crippen LogP contribution is 2.26. The molecule has 2 aliphatic rings. The second kappa shape index (κ2) is 4.29. The van der Waals surface area contributed by atoms with Gasteiger partial charge < -0.3 is 10.2 Å². The molecule has 0 radical (unpaired) electrons. The number of likely N-dealkylation sites (tertiary alicyclic amines) is 1. The Balaban J connectivity index is 2.07. The standard InChI is InChI=1S/C10H14BrN3O3/c1-2-6(11)7(15)14-4-3-10(5-14)8(16)12-9(17)13-10/h6H,2-5H2,1H3,(H2,12,13,16,17). The minimum absolute atomic E-state index is 0.0293. The van der Waals surface area contributed by atoms with Crippen molar-refractivity contribution >= 4 is 33.8 Å². The predicted molar refractivity (Wildman–Crippen MR) is 63.6 cm³/mol. The van der Waals surface area contributed by atoms with Crippen molar-refractivity contribution in [3.05, 3.63) is 0 Å². The van der Waals surface area contributed by atoms with E-state index >= 15 is 0 Å². The lowest BCUT2D eigenvalue weighted by atomic mass is 9.99. The molecule has 0 aromatic carbocycles. The largest absolute Gasteiger partial charge is 0.339 e. The van der Waals surface area contributed by atoms with E-state index in [0.29, 0.717) is 19.4 Å². The number of hydrogen-bond donors (Lipinski definition) is 2. The van der Waals surface area contributed by atoms with E-state index in [1.165, 1.54) is 0 Å². The van der Waals surface area contributed by atoms with Crippen LogP contribution < -0.4 is 10.6 Å². The number of carbonyl (C=O) groups is 3. The Labute approximate surface area is 107 Å². The Kier molecular flexibility index (Phi) is 3.11. The molecule has 2 saturated heterocycles. The zero-order valence-corrected chi connectivity index (χ0v) is 11.0. The normalized spacial score (nSPS) is 29.4. The summed E-state index contributed by atoms with van der Waals surface area (Å²) >= 11 is 3.30. The molecule has 2 heterocycles. The highest BCUT2D eigenvalue weighted by atomic mass is 79.9. The first-order valence-electron chi connectivity index (χ1n) is 5.55. The van der Waals surface area contributed by atoms with Gasteiger partial charge in [0.15, 0.2) is 0 Å². The van der Waals surface area contributed by atoms with E-state index in [4.69, 9.17) is 0 Å². The highest BCUT2D eigenvalue weighted by Gasteiger charge is 2.51. The summed E-state index contributed by atoms with van der Waals surface area (Å²) in [5.41, 5.74) is -0.910. The number of halogens is 1. The van der Waals surface area contributed by atoms with Crippen molar-refractivity contribution < 1.29 is 14.4 Å². The summed E-state index contributed by atoms with van der Waals surface area (Å²) in [7, 11) is 0. The summed E-state index contributed by atoms with van der Waals surface area (Å²) in [6.07, 6.45) is 1.17. The Morgan fingerprint density at radius 2 is 2.29 bits per heavy atom.